The molecule has 0 fully saturated rings. The fourth-order valence-corrected chi connectivity index (χ4v) is 2.74. The lowest BCUT2D eigenvalue weighted by Crippen LogP contribution is -2.19. The lowest BCUT2D eigenvalue weighted by molar-refractivity contribution is 0.132. The molecule has 0 atom stereocenters. The first-order valence-corrected chi connectivity index (χ1v) is 10.4. The quantitative estimate of drug-likeness (QED) is 0.346. The number of unbranched alkanes of at least 4 members (excludes halogenated alkanes) is 3. The van der Waals surface area contributed by atoms with Crippen LogP contribution in [0.1, 0.15) is 31.4 Å². The van der Waals surface area contributed by atoms with Crippen molar-refractivity contribution >= 4 is 28.9 Å². The van der Waals surface area contributed by atoms with E-state index in [9.17, 15) is 0 Å². The molecule has 0 spiro atoms. The van der Waals surface area contributed by atoms with Crippen LogP contribution in [0.5, 0.6) is 0 Å². The fraction of sp³-hybridized carbons (Fsp3) is 0.476. The minimum absolute atomic E-state index is 0.226. The van der Waals surface area contributed by atoms with E-state index in [-0.39, 0.29) is 6.61 Å². The van der Waals surface area contributed by atoms with Gasteiger partial charge in [-0.2, -0.15) is 0 Å². The van der Waals surface area contributed by atoms with Gasteiger partial charge in [-0.1, -0.05) is 48.2 Å². The van der Waals surface area contributed by atoms with Gasteiger partial charge in [0, 0.05) is 31.5 Å². The molecule has 0 saturated carbocycles. The molecule has 0 saturated heterocycles. The highest BCUT2D eigenvalue weighted by atomic mass is 35.5. The topological polar surface area (TPSA) is 80.4 Å². The van der Waals surface area contributed by atoms with Gasteiger partial charge in [0.1, 0.15) is 0 Å². The smallest absolute Gasteiger partial charge is 0.0692 e. The molecular weight excluding hydrogens is 397 g/mol. The van der Waals surface area contributed by atoms with Crippen molar-refractivity contribution in [3.63, 3.8) is 0 Å². The molecule has 1 aromatic carbocycles. The maximum atomic E-state index is 8.59. The molecule has 4 N–H and O–H groups in total. The van der Waals surface area contributed by atoms with E-state index in [2.05, 4.69) is 10.3 Å². The average molecular weight is 428 g/mol. The minimum atomic E-state index is 0.226. The fourth-order valence-electron chi connectivity index (χ4n) is 2.35. The lowest BCUT2D eigenvalue weighted by atomic mass is 10.2. The van der Waals surface area contributed by atoms with Crippen LogP contribution in [0.4, 0.5) is 5.69 Å². The van der Waals surface area contributed by atoms with E-state index < -0.39 is 0 Å². The Bertz CT molecular complexity index is 610. The second-order valence-corrected chi connectivity index (χ2v) is 7.02. The number of nitrogen functional groups attached to an aromatic ring is 1. The molecule has 2 rings (SSSR count). The Morgan fingerprint density at radius 3 is 2.32 bits per heavy atom. The molecule has 7 heteroatoms. The Labute approximate surface area is 178 Å². The molecular formula is C21H31Cl2N3O2. The van der Waals surface area contributed by atoms with Crippen molar-refractivity contribution in [2.24, 2.45) is 0 Å². The van der Waals surface area contributed by atoms with E-state index in [0.717, 1.165) is 38.3 Å². The third kappa shape index (κ3) is 12.2. The van der Waals surface area contributed by atoms with Gasteiger partial charge in [0.25, 0.3) is 0 Å². The highest BCUT2D eigenvalue weighted by molar-refractivity contribution is 6.38. The lowest BCUT2D eigenvalue weighted by Gasteiger charge is -2.05. The number of halogens is 2. The van der Waals surface area contributed by atoms with Crippen LogP contribution in [0.15, 0.2) is 42.6 Å². The minimum Gasteiger partial charge on any atom is -0.396 e. The molecule has 0 aliphatic carbocycles. The van der Waals surface area contributed by atoms with Crippen molar-refractivity contribution in [3.05, 3.63) is 58.3 Å². The number of aliphatic hydroxyl groups is 1. The highest BCUT2D eigenvalue weighted by Gasteiger charge is 1.97. The summed E-state index contributed by atoms with van der Waals surface area (Å²) in [5.74, 6) is 0. The number of hydrogen-bond donors (Lipinski definition) is 3. The van der Waals surface area contributed by atoms with Crippen LogP contribution in [0, 0.1) is 0 Å². The molecule has 2 aromatic rings. The molecule has 5 nitrogen and oxygen atoms in total. The highest BCUT2D eigenvalue weighted by Crippen LogP contribution is 2.25. The van der Waals surface area contributed by atoms with Crippen LogP contribution >= 0.6 is 23.2 Å². The van der Waals surface area contributed by atoms with Crippen LogP contribution in [0.25, 0.3) is 0 Å². The van der Waals surface area contributed by atoms with Gasteiger partial charge in [-0.3, -0.25) is 4.98 Å². The summed E-state index contributed by atoms with van der Waals surface area (Å²) >= 11 is 11.2. The number of para-hydroxylation sites is 1. The van der Waals surface area contributed by atoms with Crippen LogP contribution < -0.4 is 11.1 Å². The Kier molecular flexibility index (Phi) is 14.6. The first-order chi connectivity index (χ1) is 13.6. The largest absolute Gasteiger partial charge is 0.396 e. The summed E-state index contributed by atoms with van der Waals surface area (Å²) in [7, 11) is 0. The second kappa shape index (κ2) is 16.6. The summed E-state index contributed by atoms with van der Waals surface area (Å²) in [5, 5.41) is 12.8. The van der Waals surface area contributed by atoms with Gasteiger partial charge in [0.2, 0.25) is 0 Å². The van der Waals surface area contributed by atoms with Gasteiger partial charge in [-0.15, -0.1) is 0 Å². The summed E-state index contributed by atoms with van der Waals surface area (Å²) in [6.07, 6.45) is 7.45. The number of nitrogens with two attached hydrogens (primary N) is 1. The maximum absolute atomic E-state index is 8.59. The summed E-state index contributed by atoms with van der Waals surface area (Å²) in [6.45, 7) is 3.54. The summed E-state index contributed by atoms with van der Waals surface area (Å²) in [4.78, 5) is 4.26. The van der Waals surface area contributed by atoms with E-state index in [1.165, 1.54) is 19.3 Å². The number of nitrogens with one attached hydrogen (secondary N) is 1. The van der Waals surface area contributed by atoms with Crippen molar-refractivity contribution in [2.45, 2.75) is 32.1 Å². The predicted octanol–water partition coefficient (Wildman–Crippen LogP) is 4.36. The SMILES string of the molecule is Nc1c(Cl)cccc1Cl.OCCNCCCCCCOCCc1ccccn1. The number of ether oxygens (including phenoxy) is 1. The third-order valence-corrected chi connectivity index (χ3v) is 4.57. The van der Waals surface area contributed by atoms with Crippen LogP contribution in [0.3, 0.4) is 0 Å². The molecule has 1 heterocycles. The number of pyridine rings is 1. The van der Waals surface area contributed by atoms with E-state index in [1.807, 2.05) is 24.4 Å². The zero-order valence-corrected chi connectivity index (χ0v) is 17.8. The monoisotopic (exact) mass is 427 g/mol. The van der Waals surface area contributed by atoms with E-state index >= 15 is 0 Å². The zero-order valence-electron chi connectivity index (χ0n) is 16.2. The number of nitrogens with zero attached hydrogens (tertiary/aromatic N) is 1. The molecule has 0 radical (unpaired) electrons. The van der Waals surface area contributed by atoms with Crippen molar-refractivity contribution < 1.29 is 9.84 Å². The predicted molar refractivity (Wildman–Crippen MR) is 118 cm³/mol. The van der Waals surface area contributed by atoms with Crippen LogP contribution in [-0.2, 0) is 11.2 Å². The van der Waals surface area contributed by atoms with Crippen molar-refractivity contribution in [2.75, 3.05) is 38.6 Å². The zero-order chi connectivity index (χ0) is 20.5. The number of aliphatic hydroxyl groups excluding tert-OH is 1. The summed E-state index contributed by atoms with van der Waals surface area (Å²) in [6, 6.07) is 11.1. The van der Waals surface area contributed by atoms with Gasteiger partial charge in [0.15, 0.2) is 0 Å². The third-order valence-electron chi connectivity index (χ3n) is 3.91. The number of rotatable bonds is 12. The molecule has 0 aliphatic rings. The molecule has 0 amide bonds. The first kappa shape index (κ1) is 24.7. The molecule has 1 aromatic heterocycles. The van der Waals surface area contributed by atoms with Crippen molar-refractivity contribution in [1.29, 1.82) is 0 Å². The van der Waals surface area contributed by atoms with E-state index in [0.29, 0.717) is 22.3 Å². The Morgan fingerprint density at radius 1 is 0.929 bits per heavy atom. The van der Waals surface area contributed by atoms with Crippen molar-refractivity contribution in [1.82, 2.24) is 10.3 Å². The molecule has 0 aliphatic heterocycles. The maximum Gasteiger partial charge on any atom is 0.0692 e. The van der Waals surface area contributed by atoms with Gasteiger partial charge in [0.05, 0.1) is 28.9 Å². The number of hydrogen-bond acceptors (Lipinski definition) is 5. The Hall–Kier alpha value is -1.37. The van der Waals surface area contributed by atoms with Gasteiger partial charge in [-0.05, 0) is 43.7 Å². The Balaban J connectivity index is 0.000000362. The average Bonchev–Trinajstić information content (AvgIpc) is 2.71. The standard InChI is InChI=1S/C15H26N2O2.C6H5Cl2N/c18-12-11-16-9-4-1-2-6-13-19-14-8-15-7-3-5-10-17-15;7-4-2-1-3-5(8)6(4)9/h3,5,7,10,16,18H,1-2,4,6,8-9,11-14H2;1-3H,9H2. The van der Waals surface area contributed by atoms with Gasteiger partial charge < -0.3 is 20.9 Å². The van der Waals surface area contributed by atoms with Crippen molar-refractivity contribution in [3.8, 4) is 0 Å². The van der Waals surface area contributed by atoms with E-state index in [1.54, 1.807) is 18.2 Å². The summed E-state index contributed by atoms with van der Waals surface area (Å²) in [5.41, 5.74) is 6.96. The molecule has 0 unspecified atom stereocenters. The van der Waals surface area contributed by atoms with Gasteiger partial charge >= 0.3 is 0 Å². The molecule has 156 valence electrons. The second-order valence-electron chi connectivity index (χ2n) is 6.21. The van der Waals surface area contributed by atoms with E-state index in [4.69, 9.17) is 38.8 Å². The number of aromatic nitrogens is 1. The number of anilines is 1. The normalized spacial score (nSPS) is 10.4. The first-order valence-electron chi connectivity index (χ1n) is 9.64. The Morgan fingerprint density at radius 2 is 1.68 bits per heavy atom. The number of benzene rings is 1. The summed E-state index contributed by atoms with van der Waals surface area (Å²) < 4.78 is 5.59. The van der Waals surface area contributed by atoms with Gasteiger partial charge in [-0.25, -0.2) is 0 Å². The van der Waals surface area contributed by atoms with Crippen LogP contribution in [0.2, 0.25) is 10.0 Å². The molecule has 28 heavy (non-hydrogen) atoms. The van der Waals surface area contributed by atoms with Crippen LogP contribution in [-0.4, -0.2) is 43.0 Å². The molecule has 0 bridgehead atoms.